The number of anilines is 1. The summed E-state index contributed by atoms with van der Waals surface area (Å²) in [4.78, 5) is 17.1. The van der Waals surface area contributed by atoms with E-state index >= 15 is 0 Å². The van der Waals surface area contributed by atoms with Gasteiger partial charge in [-0.15, -0.1) is 4.36 Å². The zero-order valence-electron chi connectivity index (χ0n) is 18.6. The van der Waals surface area contributed by atoms with E-state index in [1.54, 1.807) is 12.1 Å². The molecule has 1 unspecified atom stereocenters. The molecule has 0 fully saturated rings. The fourth-order valence-electron chi connectivity index (χ4n) is 4.37. The maximum absolute atomic E-state index is 14.9. The van der Waals surface area contributed by atoms with Crippen LogP contribution in [0.2, 0.25) is 0 Å². The maximum atomic E-state index is 14.9. The van der Waals surface area contributed by atoms with Crippen molar-refractivity contribution in [2.75, 3.05) is 12.4 Å². The van der Waals surface area contributed by atoms with Crippen LogP contribution < -0.4 is 19.9 Å². The Balaban J connectivity index is 1.55. The summed E-state index contributed by atoms with van der Waals surface area (Å²) < 4.78 is 44.2. The van der Waals surface area contributed by atoms with Crippen molar-refractivity contribution in [3.63, 3.8) is 0 Å². The van der Waals surface area contributed by atoms with Crippen LogP contribution in [-0.2, 0) is 29.3 Å². The number of aromatic nitrogens is 3. The highest BCUT2D eigenvalue weighted by Gasteiger charge is 2.29. The highest BCUT2D eigenvalue weighted by molar-refractivity contribution is 7.91. The molecule has 2 aromatic heterocycles. The van der Waals surface area contributed by atoms with E-state index in [1.165, 1.54) is 30.3 Å². The number of carbonyl (C=O) groups is 1. The van der Waals surface area contributed by atoms with Gasteiger partial charge in [0.2, 0.25) is 11.8 Å². The van der Waals surface area contributed by atoms with Crippen molar-refractivity contribution < 1.29 is 22.9 Å². The first kappa shape index (κ1) is 22.3. The Bertz CT molecular complexity index is 1430. The zero-order valence-corrected chi connectivity index (χ0v) is 19.4. The van der Waals surface area contributed by atoms with Gasteiger partial charge in [-0.1, -0.05) is 0 Å². The molecule has 0 bridgehead atoms. The fourth-order valence-corrected chi connectivity index (χ4v) is 5.36. The number of rotatable bonds is 4. The molecule has 3 N–H and O–H groups in total. The lowest BCUT2D eigenvalue weighted by molar-refractivity contribution is 0.248. The molecule has 2 aliphatic rings. The normalized spacial score (nSPS) is 17.9. The number of nitrogens with two attached hydrogens (primary N) is 1. The Labute approximate surface area is 195 Å². The van der Waals surface area contributed by atoms with Crippen LogP contribution in [0.1, 0.15) is 24.5 Å². The quantitative estimate of drug-likeness (QED) is 0.581. The fraction of sp³-hybridized carbons (Fsp3) is 0.318. The van der Waals surface area contributed by atoms with Gasteiger partial charge in [0.1, 0.15) is 16.8 Å². The summed E-state index contributed by atoms with van der Waals surface area (Å²) in [5.41, 5.74) is 2.67. The summed E-state index contributed by atoms with van der Waals surface area (Å²) >= 11 is 0. The van der Waals surface area contributed by atoms with Crippen LogP contribution in [0.3, 0.4) is 0 Å². The molecule has 0 spiro atoms. The molecular formula is C22H23FN6O4S. The molecule has 178 valence electrons. The van der Waals surface area contributed by atoms with Crippen molar-refractivity contribution in [1.82, 2.24) is 14.8 Å². The number of halogens is 1. The Hall–Kier alpha value is -3.51. The van der Waals surface area contributed by atoms with Gasteiger partial charge in [0, 0.05) is 17.8 Å². The van der Waals surface area contributed by atoms with Crippen molar-refractivity contribution in [2.45, 2.75) is 43.7 Å². The van der Waals surface area contributed by atoms with E-state index in [0.717, 1.165) is 6.42 Å². The topological polar surface area (TPSA) is 134 Å². The highest BCUT2D eigenvalue weighted by Crippen LogP contribution is 2.40. The van der Waals surface area contributed by atoms with Crippen LogP contribution in [0.25, 0.3) is 11.1 Å². The number of hydrogen-bond donors (Lipinski definition) is 2. The van der Waals surface area contributed by atoms with Crippen LogP contribution in [0.4, 0.5) is 14.9 Å². The van der Waals surface area contributed by atoms with Crippen LogP contribution in [0, 0.1) is 5.82 Å². The van der Waals surface area contributed by atoms with Gasteiger partial charge in [-0.25, -0.2) is 28.2 Å². The van der Waals surface area contributed by atoms with Crippen molar-refractivity contribution in [3.8, 4) is 22.9 Å². The summed E-state index contributed by atoms with van der Waals surface area (Å²) in [6.07, 6.45) is 4.56. The molecule has 3 heterocycles. The number of ether oxygens (including phenoxy) is 2. The average Bonchev–Trinajstić information content (AvgIpc) is 3.51. The molecule has 2 amide bonds. The predicted molar refractivity (Wildman–Crippen MR) is 123 cm³/mol. The summed E-state index contributed by atoms with van der Waals surface area (Å²) in [5.74, 6) is 0.232. The predicted octanol–water partition coefficient (Wildman–Crippen LogP) is 3.30. The third kappa shape index (κ3) is 3.88. The molecule has 0 saturated carbocycles. The first-order valence-electron chi connectivity index (χ1n) is 10.7. The van der Waals surface area contributed by atoms with Crippen molar-refractivity contribution in [1.29, 1.82) is 0 Å². The minimum Gasteiger partial charge on any atom is -0.481 e. The molecule has 3 aromatic rings. The SMILES string of the molecule is COc1cc(-c2cc(F)c3c(c2NC(=O)N=S(N)(=O)c2cnn4c2O[C@H](C)C4)CCC3)ccn1. The second kappa shape index (κ2) is 8.37. The maximum Gasteiger partial charge on any atom is 0.354 e. The average molecular weight is 487 g/mol. The number of pyridine rings is 1. The highest BCUT2D eigenvalue weighted by atomic mass is 32.2. The van der Waals surface area contributed by atoms with Crippen LogP contribution in [0.5, 0.6) is 11.8 Å². The summed E-state index contributed by atoms with van der Waals surface area (Å²) in [5, 5.41) is 12.8. The number of fused-ring (bicyclic) bond motifs is 2. The van der Waals surface area contributed by atoms with E-state index in [-0.39, 0.29) is 22.7 Å². The first-order chi connectivity index (χ1) is 16.3. The van der Waals surface area contributed by atoms with E-state index in [1.807, 2.05) is 6.92 Å². The smallest absolute Gasteiger partial charge is 0.354 e. The molecule has 1 aliphatic heterocycles. The number of urea groups is 1. The van der Waals surface area contributed by atoms with Crippen molar-refractivity contribution in [2.24, 2.45) is 9.50 Å². The van der Waals surface area contributed by atoms with Gasteiger partial charge in [-0.05, 0) is 55.0 Å². The molecule has 12 heteroatoms. The van der Waals surface area contributed by atoms with Gasteiger partial charge >= 0.3 is 6.03 Å². The Morgan fingerprint density at radius 3 is 2.97 bits per heavy atom. The van der Waals surface area contributed by atoms with E-state index in [2.05, 4.69) is 19.8 Å². The van der Waals surface area contributed by atoms with Gasteiger partial charge in [0.15, 0.2) is 9.92 Å². The summed E-state index contributed by atoms with van der Waals surface area (Å²) in [6.45, 7) is 2.32. The van der Waals surface area contributed by atoms with Crippen LogP contribution in [-0.4, -0.2) is 38.2 Å². The van der Waals surface area contributed by atoms with Crippen molar-refractivity contribution in [3.05, 3.63) is 47.5 Å². The van der Waals surface area contributed by atoms with Gasteiger partial charge in [-0.2, -0.15) is 5.10 Å². The lowest BCUT2D eigenvalue weighted by atomic mass is 9.97. The Morgan fingerprint density at radius 1 is 1.38 bits per heavy atom. The largest absolute Gasteiger partial charge is 0.481 e. The van der Waals surface area contributed by atoms with E-state index in [0.29, 0.717) is 53.2 Å². The van der Waals surface area contributed by atoms with E-state index < -0.39 is 15.9 Å². The molecule has 1 aliphatic carbocycles. The molecule has 5 rings (SSSR count). The lowest BCUT2D eigenvalue weighted by Crippen LogP contribution is -2.19. The first-order valence-corrected chi connectivity index (χ1v) is 12.3. The minimum atomic E-state index is -3.64. The lowest BCUT2D eigenvalue weighted by Gasteiger charge is -2.16. The number of nitrogens with one attached hydrogen (secondary N) is 1. The number of benzene rings is 1. The minimum absolute atomic E-state index is 0.0513. The third-order valence-corrected chi connectivity index (χ3v) is 7.22. The number of carbonyl (C=O) groups excluding carboxylic acids is 1. The number of amides is 2. The Kier molecular flexibility index (Phi) is 5.48. The van der Waals surface area contributed by atoms with Crippen LogP contribution >= 0.6 is 0 Å². The molecule has 0 radical (unpaired) electrons. The number of methoxy groups -OCH3 is 1. The molecule has 1 aromatic carbocycles. The molecule has 0 saturated heterocycles. The third-order valence-electron chi connectivity index (χ3n) is 5.87. The van der Waals surface area contributed by atoms with E-state index in [9.17, 15) is 13.4 Å². The number of nitrogens with zero attached hydrogens (tertiary/aromatic N) is 4. The summed E-state index contributed by atoms with van der Waals surface area (Å²) in [6, 6.07) is 3.78. The molecule has 10 nitrogen and oxygen atoms in total. The van der Waals surface area contributed by atoms with E-state index in [4.69, 9.17) is 14.6 Å². The second-order valence-electron chi connectivity index (χ2n) is 8.19. The monoisotopic (exact) mass is 486 g/mol. The van der Waals surface area contributed by atoms with Gasteiger partial charge < -0.3 is 14.8 Å². The second-order valence-corrected chi connectivity index (χ2v) is 9.95. The zero-order chi connectivity index (χ0) is 24.0. The molecular weight excluding hydrogens is 463 g/mol. The van der Waals surface area contributed by atoms with Gasteiger partial charge in [-0.3, -0.25) is 0 Å². The summed E-state index contributed by atoms with van der Waals surface area (Å²) in [7, 11) is -2.17. The molecule has 34 heavy (non-hydrogen) atoms. The Morgan fingerprint density at radius 2 is 2.18 bits per heavy atom. The molecule has 2 atom stereocenters. The number of hydrogen-bond acceptors (Lipinski definition) is 6. The standard InChI is InChI=1S/C22H23FN6O4S/c1-12-11-29-21(33-12)18(10-26-29)34(24,31)28-22(30)27-20-15-5-3-4-14(15)17(23)9-16(20)13-6-7-25-19(8-13)32-2/h6-10,12H,3-5,11H2,1-2H3,(H3,24,27,28,30,31)/t12-,34?/m1/s1. The van der Waals surface area contributed by atoms with Crippen LogP contribution in [0.15, 0.2) is 39.9 Å². The van der Waals surface area contributed by atoms with Crippen molar-refractivity contribution >= 4 is 21.6 Å². The van der Waals surface area contributed by atoms with Gasteiger partial charge in [0.05, 0.1) is 25.5 Å². The van der Waals surface area contributed by atoms with Gasteiger partial charge in [0.25, 0.3) is 0 Å².